The molecule has 34 heavy (non-hydrogen) atoms. The minimum Gasteiger partial charge on any atom is -0.497 e. The number of ether oxygens (including phenoxy) is 2. The standard InChI is InChI=1S/C25H27FN4O4/c1-4-34-25(32)19-13-30(16-5-7-17(33-3)8-6-16)23-18(22(19)31)11-20(26)24(27-23)29-12-15-9-10-28(2)21(15)14-29/h5-8,11,13,15,21H,4,9-10,12,14H2,1-3H3. The van der Waals surface area contributed by atoms with Gasteiger partial charge in [0.2, 0.25) is 5.43 Å². The molecule has 2 aliphatic rings. The summed E-state index contributed by atoms with van der Waals surface area (Å²) in [4.78, 5) is 34.6. The molecule has 0 bridgehead atoms. The number of fused-ring (bicyclic) bond motifs is 2. The summed E-state index contributed by atoms with van der Waals surface area (Å²) in [5, 5.41) is 0.0270. The summed E-state index contributed by atoms with van der Waals surface area (Å²) in [5.74, 6) is 0.0240. The monoisotopic (exact) mass is 466 g/mol. The molecule has 0 spiro atoms. The van der Waals surface area contributed by atoms with E-state index in [4.69, 9.17) is 9.47 Å². The van der Waals surface area contributed by atoms with Gasteiger partial charge in [0.1, 0.15) is 11.3 Å². The topological polar surface area (TPSA) is 76.9 Å². The van der Waals surface area contributed by atoms with Gasteiger partial charge in [-0.05, 0) is 63.2 Å². The second-order valence-electron chi connectivity index (χ2n) is 8.83. The minimum atomic E-state index is -0.753. The molecule has 1 aromatic carbocycles. The lowest BCUT2D eigenvalue weighted by Crippen LogP contribution is -2.32. The number of anilines is 1. The van der Waals surface area contributed by atoms with Gasteiger partial charge in [-0.25, -0.2) is 14.2 Å². The molecule has 5 rings (SSSR count). The summed E-state index contributed by atoms with van der Waals surface area (Å²) >= 11 is 0. The molecular weight excluding hydrogens is 439 g/mol. The van der Waals surface area contributed by atoms with Crippen LogP contribution in [0.3, 0.4) is 0 Å². The highest BCUT2D eigenvalue weighted by Crippen LogP contribution is 2.34. The second-order valence-corrected chi connectivity index (χ2v) is 8.83. The van der Waals surface area contributed by atoms with Crippen LogP contribution in [0, 0.1) is 11.7 Å². The summed E-state index contributed by atoms with van der Waals surface area (Å²) < 4.78 is 27.3. The van der Waals surface area contributed by atoms with Gasteiger partial charge in [0.15, 0.2) is 17.3 Å². The number of benzene rings is 1. The number of pyridine rings is 2. The van der Waals surface area contributed by atoms with E-state index in [2.05, 4.69) is 16.9 Å². The third kappa shape index (κ3) is 3.69. The van der Waals surface area contributed by atoms with Gasteiger partial charge in [0.25, 0.3) is 0 Å². The molecule has 8 nitrogen and oxygen atoms in total. The van der Waals surface area contributed by atoms with E-state index in [1.807, 2.05) is 4.90 Å². The van der Waals surface area contributed by atoms with Crippen LogP contribution in [0.25, 0.3) is 16.7 Å². The number of rotatable bonds is 5. The Bertz CT molecular complexity index is 1310. The molecule has 4 heterocycles. The number of aromatic nitrogens is 2. The molecule has 0 aliphatic carbocycles. The highest BCUT2D eigenvalue weighted by molar-refractivity contribution is 5.94. The molecule has 2 aliphatic heterocycles. The Labute approximate surface area is 196 Å². The van der Waals surface area contributed by atoms with Gasteiger partial charge in [-0.3, -0.25) is 4.79 Å². The van der Waals surface area contributed by atoms with E-state index in [-0.39, 0.29) is 29.0 Å². The third-order valence-electron chi connectivity index (χ3n) is 6.88. The first kappa shape index (κ1) is 22.3. The zero-order chi connectivity index (χ0) is 24.0. The van der Waals surface area contributed by atoms with Crippen molar-refractivity contribution in [2.75, 3.05) is 45.3 Å². The van der Waals surface area contributed by atoms with Crippen molar-refractivity contribution in [1.29, 1.82) is 0 Å². The zero-order valence-corrected chi connectivity index (χ0v) is 19.5. The Morgan fingerprint density at radius 1 is 1.24 bits per heavy atom. The van der Waals surface area contributed by atoms with Gasteiger partial charge in [-0.1, -0.05) is 0 Å². The minimum absolute atomic E-state index is 0.0270. The van der Waals surface area contributed by atoms with Crippen LogP contribution in [0.2, 0.25) is 0 Å². The molecule has 2 saturated heterocycles. The molecule has 2 aromatic heterocycles. The molecule has 0 amide bonds. The molecule has 2 fully saturated rings. The fourth-order valence-electron chi connectivity index (χ4n) is 5.08. The van der Waals surface area contributed by atoms with Crippen LogP contribution >= 0.6 is 0 Å². The molecule has 9 heteroatoms. The summed E-state index contributed by atoms with van der Waals surface area (Å²) in [6.45, 7) is 4.24. The lowest BCUT2D eigenvalue weighted by atomic mass is 10.1. The maximum Gasteiger partial charge on any atom is 0.343 e. The summed E-state index contributed by atoms with van der Waals surface area (Å²) in [5.41, 5.74) is 0.162. The van der Waals surface area contributed by atoms with Crippen LogP contribution < -0.4 is 15.1 Å². The highest BCUT2D eigenvalue weighted by Gasteiger charge is 2.40. The van der Waals surface area contributed by atoms with E-state index in [1.165, 1.54) is 12.3 Å². The normalized spacial score (nSPS) is 20.1. The van der Waals surface area contributed by atoms with Crippen molar-refractivity contribution in [2.45, 2.75) is 19.4 Å². The number of likely N-dealkylation sites (tertiary alicyclic amines) is 1. The molecule has 178 valence electrons. The van der Waals surface area contributed by atoms with Crippen molar-refractivity contribution in [3.63, 3.8) is 0 Å². The molecule has 0 N–H and O–H groups in total. The van der Waals surface area contributed by atoms with Gasteiger partial charge >= 0.3 is 5.97 Å². The van der Waals surface area contributed by atoms with E-state index in [9.17, 15) is 9.59 Å². The molecule has 0 radical (unpaired) electrons. The third-order valence-corrected chi connectivity index (χ3v) is 6.88. The smallest absolute Gasteiger partial charge is 0.343 e. The fourth-order valence-corrected chi connectivity index (χ4v) is 5.08. The van der Waals surface area contributed by atoms with Gasteiger partial charge in [-0.2, -0.15) is 0 Å². The number of carbonyl (C=O) groups is 1. The number of esters is 1. The van der Waals surface area contributed by atoms with E-state index in [0.717, 1.165) is 19.5 Å². The van der Waals surface area contributed by atoms with Gasteiger partial charge in [-0.15, -0.1) is 0 Å². The van der Waals surface area contributed by atoms with Crippen LogP contribution in [0.1, 0.15) is 23.7 Å². The molecule has 0 saturated carbocycles. The maximum atomic E-state index is 15.3. The van der Waals surface area contributed by atoms with Crippen molar-refractivity contribution in [2.24, 2.45) is 5.92 Å². The SMILES string of the molecule is CCOC(=O)c1cn(-c2ccc(OC)cc2)c2nc(N3CC4CCN(C)C4C3)c(F)cc2c1=O. The van der Waals surface area contributed by atoms with Crippen molar-refractivity contribution in [1.82, 2.24) is 14.5 Å². The number of halogens is 1. The van der Waals surface area contributed by atoms with Gasteiger partial charge in [0.05, 0.1) is 19.1 Å². The first-order chi connectivity index (χ1) is 16.4. The van der Waals surface area contributed by atoms with Crippen LogP contribution in [0.15, 0.2) is 41.3 Å². The largest absolute Gasteiger partial charge is 0.497 e. The predicted octanol–water partition coefficient (Wildman–Crippen LogP) is 2.85. The highest BCUT2D eigenvalue weighted by atomic mass is 19.1. The Kier molecular flexibility index (Phi) is 5.73. The number of nitrogens with zero attached hydrogens (tertiary/aromatic N) is 4. The predicted molar refractivity (Wildman–Crippen MR) is 127 cm³/mol. The summed E-state index contributed by atoms with van der Waals surface area (Å²) in [7, 11) is 3.67. The molecule has 3 aromatic rings. The second kappa shape index (κ2) is 8.72. The zero-order valence-electron chi connectivity index (χ0n) is 19.5. The number of hydrogen-bond acceptors (Lipinski definition) is 7. The Morgan fingerprint density at radius 2 is 2.00 bits per heavy atom. The average molecular weight is 467 g/mol. The summed E-state index contributed by atoms with van der Waals surface area (Å²) in [6, 6.07) is 8.68. The number of carbonyl (C=O) groups excluding carboxylic acids is 1. The quantitative estimate of drug-likeness (QED) is 0.535. The van der Waals surface area contributed by atoms with E-state index < -0.39 is 17.2 Å². The Balaban J connectivity index is 1.68. The van der Waals surface area contributed by atoms with Gasteiger partial charge < -0.3 is 23.8 Å². The van der Waals surface area contributed by atoms with E-state index >= 15 is 4.39 Å². The van der Waals surface area contributed by atoms with E-state index in [0.29, 0.717) is 29.9 Å². The van der Waals surface area contributed by atoms with Crippen molar-refractivity contribution < 1.29 is 18.7 Å². The number of methoxy groups -OCH3 is 1. The lowest BCUT2D eigenvalue weighted by molar-refractivity contribution is 0.0524. The molecular formula is C25H27FN4O4. The van der Waals surface area contributed by atoms with Crippen LogP contribution in [0.4, 0.5) is 10.2 Å². The van der Waals surface area contributed by atoms with Crippen molar-refractivity contribution in [3.8, 4) is 11.4 Å². The molecule has 2 unspecified atom stereocenters. The van der Waals surface area contributed by atoms with Crippen molar-refractivity contribution >= 4 is 22.8 Å². The maximum absolute atomic E-state index is 15.3. The number of hydrogen-bond donors (Lipinski definition) is 0. The number of likely N-dealkylation sites (N-methyl/N-ethyl adjacent to an activating group) is 1. The Morgan fingerprint density at radius 3 is 2.68 bits per heavy atom. The molecule has 2 atom stereocenters. The average Bonchev–Trinajstić information content (AvgIpc) is 3.41. The summed E-state index contributed by atoms with van der Waals surface area (Å²) in [6.07, 6.45) is 2.50. The lowest BCUT2D eigenvalue weighted by Gasteiger charge is -2.23. The van der Waals surface area contributed by atoms with Crippen LogP contribution in [0.5, 0.6) is 5.75 Å². The fraction of sp³-hybridized carbons (Fsp3) is 0.400. The van der Waals surface area contributed by atoms with Crippen molar-refractivity contribution in [3.05, 3.63) is 58.1 Å². The van der Waals surface area contributed by atoms with Gasteiger partial charge in [0, 0.05) is 31.0 Å². The van der Waals surface area contributed by atoms with Crippen LogP contribution in [-0.2, 0) is 4.74 Å². The first-order valence-electron chi connectivity index (χ1n) is 11.4. The first-order valence-corrected chi connectivity index (χ1v) is 11.4. The van der Waals surface area contributed by atoms with Crippen LogP contribution in [-0.4, -0.2) is 66.9 Å². The Hall–Kier alpha value is -3.46. The van der Waals surface area contributed by atoms with E-state index in [1.54, 1.807) is 42.9 Å².